The lowest BCUT2D eigenvalue weighted by atomic mass is 9.51. The van der Waals surface area contributed by atoms with Crippen LogP contribution < -0.4 is 16.0 Å². The summed E-state index contributed by atoms with van der Waals surface area (Å²) >= 11 is 0. The van der Waals surface area contributed by atoms with Gasteiger partial charge in [-0.25, -0.2) is 0 Å². The first-order valence-electron chi connectivity index (χ1n) is 10.8. The fourth-order valence-electron chi connectivity index (χ4n) is 5.87. The Morgan fingerprint density at radius 2 is 2.00 bits per heavy atom. The highest BCUT2D eigenvalue weighted by Gasteiger charge is 2.60. The van der Waals surface area contributed by atoms with Gasteiger partial charge in [0.15, 0.2) is 0 Å². The van der Waals surface area contributed by atoms with E-state index in [-0.39, 0.29) is 35.1 Å². The maximum atomic E-state index is 13.3. The number of nitrogens with one attached hydrogen (secondary N) is 3. The van der Waals surface area contributed by atoms with E-state index in [4.69, 9.17) is 0 Å². The fraction of sp³-hybridized carbons (Fsp3) is 0.458. The molecule has 2 bridgehead atoms. The van der Waals surface area contributed by atoms with Crippen molar-refractivity contribution in [2.75, 3.05) is 5.32 Å². The molecule has 1 aliphatic heterocycles. The number of hydrogen-bond acceptors (Lipinski definition) is 4. The second kappa shape index (κ2) is 6.83. The molecule has 3 fully saturated rings. The highest BCUT2D eigenvalue weighted by atomic mass is 16.2. The van der Waals surface area contributed by atoms with E-state index in [1.165, 1.54) is 0 Å². The van der Waals surface area contributed by atoms with Gasteiger partial charge < -0.3 is 16.0 Å². The Morgan fingerprint density at radius 1 is 1.20 bits per heavy atom. The number of para-hydroxylation sites is 1. The molecule has 2 aromatic rings. The minimum Gasteiger partial charge on any atom is -0.362 e. The van der Waals surface area contributed by atoms with E-state index in [1.54, 1.807) is 6.20 Å². The van der Waals surface area contributed by atoms with Crippen LogP contribution in [0, 0.1) is 17.3 Å². The number of rotatable bonds is 3. The third-order valence-electron chi connectivity index (χ3n) is 7.48. The monoisotopic (exact) mass is 404 g/mol. The smallest absolute Gasteiger partial charge is 0.255 e. The lowest BCUT2D eigenvalue weighted by molar-refractivity contribution is -0.140. The Morgan fingerprint density at radius 3 is 2.77 bits per heavy atom. The molecule has 3 N–H and O–H groups in total. The molecule has 3 aliphatic carbocycles. The first kappa shape index (κ1) is 19.1. The predicted molar refractivity (Wildman–Crippen MR) is 115 cm³/mol. The average molecular weight is 405 g/mol. The van der Waals surface area contributed by atoms with E-state index in [9.17, 15) is 9.59 Å². The molecule has 156 valence electrons. The summed E-state index contributed by atoms with van der Waals surface area (Å²) < 4.78 is 0. The third kappa shape index (κ3) is 2.97. The van der Waals surface area contributed by atoms with Crippen molar-refractivity contribution in [3.8, 4) is 0 Å². The van der Waals surface area contributed by atoms with Crippen LogP contribution in [0.2, 0.25) is 0 Å². The fourth-order valence-corrected chi connectivity index (χ4v) is 5.87. The van der Waals surface area contributed by atoms with Crippen LogP contribution in [-0.4, -0.2) is 22.5 Å². The standard InChI is InChI=1S/C24H28N4O2/c1-15(19-8-5-6-12-25-19)26-22(30)18-13-16-10-11-23(18,2)14-24(16)27-20-9-4-3-7-17(20)21(29)28-24/h3-9,12,15-16,18,27H,10-11,13-14H2,1-2H3,(H,26,30)(H,28,29). The molecule has 0 saturated heterocycles. The van der Waals surface area contributed by atoms with Gasteiger partial charge in [0.25, 0.3) is 5.91 Å². The van der Waals surface area contributed by atoms with Crippen molar-refractivity contribution in [3.63, 3.8) is 0 Å². The van der Waals surface area contributed by atoms with Crippen LogP contribution in [0.4, 0.5) is 5.69 Å². The number of pyridine rings is 1. The predicted octanol–water partition coefficient (Wildman–Crippen LogP) is 3.64. The number of hydrogen-bond donors (Lipinski definition) is 3. The number of anilines is 1. The Kier molecular flexibility index (Phi) is 4.34. The molecule has 1 aromatic carbocycles. The number of aromatic nitrogens is 1. The Labute approximate surface area is 176 Å². The van der Waals surface area contributed by atoms with Crippen molar-refractivity contribution >= 4 is 17.5 Å². The molecule has 5 atom stereocenters. The molecule has 3 saturated carbocycles. The van der Waals surface area contributed by atoms with Crippen molar-refractivity contribution < 1.29 is 9.59 Å². The highest BCUT2D eigenvalue weighted by Crippen LogP contribution is 2.58. The van der Waals surface area contributed by atoms with Gasteiger partial charge in [0.1, 0.15) is 5.66 Å². The summed E-state index contributed by atoms with van der Waals surface area (Å²) in [5.74, 6) is 0.226. The summed E-state index contributed by atoms with van der Waals surface area (Å²) in [4.78, 5) is 30.5. The van der Waals surface area contributed by atoms with Gasteiger partial charge in [0.2, 0.25) is 5.91 Å². The molecule has 6 rings (SSSR count). The molecule has 2 amide bonds. The van der Waals surface area contributed by atoms with Gasteiger partial charge in [-0.2, -0.15) is 0 Å². The topological polar surface area (TPSA) is 83.1 Å². The molecule has 6 heteroatoms. The van der Waals surface area contributed by atoms with Gasteiger partial charge in [-0.15, -0.1) is 0 Å². The molecule has 5 unspecified atom stereocenters. The number of carbonyl (C=O) groups is 2. The van der Waals surface area contributed by atoms with E-state index >= 15 is 0 Å². The summed E-state index contributed by atoms with van der Waals surface area (Å²) in [6.07, 6.45) is 5.27. The van der Waals surface area contributed by atoms with Crippen LogP contribution >= 0.6 is 0 Å². The highest BCUT2D eigenvalue weighted by molar-refractivity contribution is 6.02. The van der Waals surface area contributed by atoms with Gasteiger partial charge in [-0.1, -0.05) is 25.1 Å². The van der Waals surface area contributed by atoms with E-state index in [1.807, 2.05) is 49.4 Å². The minimum absolute atomic E-state index is 0.0229. The maximum absolute atomic E-state index is 13.3. The van der Waals surface area contributed by atoms with Crippen molar-refractivity contribution in [1.82, 2.24) is 15.6 Å². The van der Waals surface area contributed by atoms with Crippen molar-refractivity contribution in [1.29, 1.82) is 0 Å². The third-order valence-corrected chi connectivity index (χ3v) is 7.48. The van der Waals surface area contributed by atoms with Crippen LogP contribution in [-0.2, 0) is 4.79 Å². The number of benzene rings is 1. The van der Waals surface area contributed by atoms with Crippen molar-refractivity contribution in [2.24, 2.45) is 17.3 Å². The van der Waals surface area contributed by atoms with Crippen molar-refractivity contribution in [2.45, 2.75) is 51.2 Å². The van der Waals surface area contributed by atoms with E-state index < -0.39 is 5.66 Å². The second-order valence-corrected chi connectivity index (χ2v) is 9.44. The zero-order chi connectivity index (χ0) is 20.9. The van der Waals surface area contributed by atoms with E-state index in [0.717, 1.165) is 37.1 Å². The SMILES string of the molecule is CC(NC(=O)C1CC2CCC1(C)CC21NC(=O)c2ccccc2N1)c1ccccn1. The summed E-state index contributed by atoms with van der Waals surface area (Å²) in [7, 11) is 0. The lowest BCUT2D eigenvalue weighted by Crippen LogP contribution is -2.70. The van der Waals surface area contributed by atoms with Crippen LogP contribution in [0.5, 0.6) is 0 Å². The zero-order valence-corrected chi connectivity index (χ0v) is 17.4. The van der Waals surface area contributed by atoms with Crippen LogP contribution in [0.1, 0.15) is 61.6 Å². The quantitative estimate of drug-likeness (QED) is 0.729. The van der Waals surface area contributed by atoms with Gasteiger partial charge in [-0.05, 0) is 62.3 Å². The molecular formula is C24H28N4O2. The van der Waals surface area contributed by atoms with Gasteiger partial charge in [-0.3, -0.25) is 14.6 Å². The number of fused-ring (bicyclic) bond motifs is 3. The molecule has 1 spiro atoms. The van der Waals surface area contributed by atoms with Crippen LogP contribution in [0.25, 0.3) is 0 Å². The Bertz CT molecular complexity index is 994. The van der Waals surface area contributed by atoms with Gasteiger partial charge in [0, 0.05) is 23.7 Å². The van der Waals surface area contributed by atoms with Crippen LogP contribution in [0.15, 0.2) is 48.7 Å². The number of nitrogens with zero attached hydrogens (tertiary/aromatic N) is 1. The molecule has 2 heterocycles. The molecule has 6 nitrogen and oxygen atoms in total. The molecule has 0 radical (unpaired) electrons. The van der Waals surface area contributed by atoms with Gasteiger partial charge >= 0.3 is 0 Å². The minimum atomic E-state index is -0.470. The first-order valence-corrected chi connectivity index (χ1v) is 10.8. The summed E-state index contributed by atoms with van der Waals surface area (Å²) in [6.45, 7) is 4.18. The van der Waals surface area contributed by atoms with E-state index in [0.29, 0.717) is 5.56 Å². The lowest BCUT2D eigenvalue weighted by Gasteiger charge is -2.60. The van der Waals surface area contributed by atoms with Crippen molar-refractivity contribution in [3.05, 3.63) is 59.9 Å². The van der Waals surface area contributed by atoms with Gasteiger partial charge in [0.05, 0.1) is 17.3 Å². The molecule has 30 heavy (non-hydrogen) atoms. The largest absolute Gasteiger partial charge is 0.362 e. The normalized spacial score (nSPS) is 32.7. The summed E-state index contributed by atoms with van der Waals surface area (Å²) in [5, 5.41) is 10.1. The number of amides is 2. The summed E-state index contributed by atoms with van der Waals surface area (Å²) in [5.41, 5.74) is 1.80. The second-order valence-electron chi connectivity index (χ2n) is 9.44. The molecular weight excluding hydrogens is 376 g/mol. The Hall–Kier alpha value is -2.89. The molecule has 1 aromatic heterocycles. The average Bonchev–Trinajstić information content (AvgIpc) is 2.74. The molecule has 4 aliphatic rings. The van der Waals surface area contributed by atoms with E-state index in [2.05, 4.69) is 27.9 Å². The summed E-state index contributed by atoms with van der Waals surface area (Å²) in [6, 6.07) is 13.3. The Balaban J connectivity index is 1.37. The number of carbonyl (C=O) groups excluding carboxylic acids is 2. The van der Waals surface area contributed by atoms with Crippen LogP contribution in [0.3, 0.4) is 0 Å². The zero-order valence-electron chi connectivity index (χ0n) is 17.4. The first-order chi connectivity index (χ1) is 14.4. The maximum Gasteiger partial charge on any atom is 0.255 e.